The number of nitrogens with zero attached hydrogens (tertiary/aromatic N) is 2. The number of fused-ring (bicyclic) bond motifs is 6. The standard InChI is InChI=1S/C32H32N2O4S/c1-32(2)27(14-4-3-5-15-28-33(19-21-39-28)18-20-38-22-35)34(17-16-29(36)37)31-26-13-9-7-11-24(26)23-10-6-8-12-25(23)30(31)32/h3-15,22H,16-21H2,1-2H3/p+1. The van der Waals surface area contributed by atoms with Crippen LogP contribution in [0.25, 0.3) is 21.5 Å². The van der Waals surface area contributed by atoms with Gasteiger partial charge in [0.25, 0.3) is 6.47 Å². The molecule has 39 heavy (non-hydrogen) atoms. The number of rotatable bonds is 10. The molecule has 0 spiro atoms. The van der Waals surface area contributed by atoms with Gasteiger partial charge in [-0.2, -0.15) is 0 Å². The van der Waals surface area contributed by atoms with Crippen molar-refractivity contribution in [3.8, 4) is 0 Å². The monoisotopic (exact) mass is 541 g/mol. The lowest BCUT2D eigenvalue weighted by Gasteiger charge is -2.26. The number of allylic oxidation sites excluding steroid dienone is 5. The van der Waals surface area contributed by atoms with Crippen molar-refractivity contribution in [2.24, 2.45) is 0 Å². The van der Waals surface area contributed by atoms with E-state index in [0.29, 0.717) is 26.2 Å². The van der Waals surface area contributed by atoms with Gasteiger partial charge in [-0.1, -0.05) is 92.4 Å². The molecule has 7 heteroatoms. The van der Waals surface area contributed by atoms with Crippen LogP contribution in [0.15, 0.2) is 84.6 Å². The fourth-order valence-electron chi connectivity index (χ4n) is 5.76. The Balaban J connectivity index is 1.53. The van der Waals surface area contributed by atoms with Crippen molar-refractivity contribution in [1.82, 2.24) is 0 Å². The normalized spacial score (nSPS) is 17.8. The Morgan fingerprint density at radius 2 is 1.74 bits per heavy atom. The van der Waals surface area contributed by atoms with Crippen molar-refractivity contribution in [1.29, 1.82) is 0 Å². The van der Waals surface area contributed by atoms with Crippen LogP contribution in [-0.4, -0.2) is 59.2 Å². The summed E-state index contributed by atoms with van der Waals surface area (Å²) in [5.74, 6) is 0.208. The number of aliphatic carboxylic acids is 1. The van der Waals surface area contributed by atoms with Crippen molar-refractivity contribution >= 4 is 56.5 Å². The molecule has 5 rings (SSSR count). The van der Waals surface area contributed by atoms with Gasteiger partial charge in [0.1, 0.15) is 6.61 Å². The van der Waals surface area contributed by atoms with E-state index in [-0.39, 0.29) is 11.8 Å². The molecule has 0 aromatic heterocycles. The number of carbonyl (C=O) groups excluding carboxylic acids is 1. The minimum absolute atomic E-state index is 0.0524. The zero-order chi connectivity index (χ0) is 27.4. The number of carboxylic acid groups (broad SMARTS) is 1. The highest BCUT2D eigenvalue weighted by Gasteiger charge is 2.42. The summed E-state index contributed by atoms with van der Waals surface area (Å²) in [4.78, 5) is 24.3. The average Bonchev–Trinajstić information content (AvgIpc) is 3.47. The molecule has 0 amide bonds. The van der Waals surface area contributed by atoms with Gasteiger partial charge in [0.15, 0.2) is 13.1 Å². The Kier molecular flexibility index (Phi) is 7.89. The Labute approximate surface area is 233 Å². The summed E-state index contributed by atoms with van der Waals surface area (Å²) >= 11 is 1.79. The van der Waals surface area contributed by atoms with Gasteiger partial charge in [-0.15, -0.1) is 0 Å². The molecule has 0 fully saturated rings. The van der Waals surface area contributed by atoms with Crippen LogP contribution in [0.2, 0.25) is 0 Å². The SMILES string of the molecule is CC1(C)/C(=C/C=C/C=C/C2=[N+](CCOC=O)CCS2)N(CCC(=O)O)c2c1c1ccccc1c1ccccc21. The van der Waals surface area contributed by atoms with E-state index in [1.807, 2.05) is 18.2 Å². The summed E-state index contributed by atoms with van der Waals surface area (Å²) < 4.78 is 7.08. The molecule has 2 aliphatic rings. The summed E-state index contributed by atoms with van der Waals surface area (Å²) in [7, 11) is 0. The van der Waals surface area contributed by atoms with E-state index in [0.717, 1.165) is 34.1 Å². The largest absolute Gasteiger partial charge is 0.481 e. The molecule has 0 radical (unpaired) electrons. The number of hydrogen-bond donors (Lipinski definition) is 1. The van der Waals surface area contributed by atoms with Crippen molar-refractivity contribution in [3.05, 3.63) is 90.2 Å². The Bertz CT molecular complexity index is 1550. The average molecular weight is 542 g/mol. The first-order chi connectivity index (χ1) is 18.9. The number of carbonyl (C=O) groups is 2. The molecule has 0 atom stereocenters. The highest BCUT2D eigenvalue weighted by molar-refractivity contribution is 8.14. The van der Waals surface area contributed by atoms with Crippen molar-refractivity contribution in [3.63, 3.8) is 0 Å². The van der Waals surface area contributed by atoms with Crippen molar-refractivity contribution in [2.45, 2.75) is 25.7 Å². The summed E-state index contributed by atoms with van der Waals surface area (Å²) in [6.45, 7) is 7.36. The number of hydrogen-bond acceptors (Lipinski definition) is 5. The summed E-state index contributed by atoms with van der Waals surface area (Å²) in [6.07, 6.45) is 10.3. The maximum absolute atomic E-state index is 11.6. The first kappa shape index (κ1) is 26.8. The predicted octanol–water partition coefficient (Wildman–Crippen LogP) is 5.89. The second-order valence-electron chi connectivity index (χ2n) is 10.2. The van der Waals surface area contributed by atoms with Gasteiger partial charge in [0.05, 0.1) is 17.9 Å². The molecule has 6 nitrogen and oxygen atoms in total. The predicted molar refractivity (Wildman–Crippen MR) is 160 cm³/mol. The molecule has 0 bridgehead atoms. The van der Waals surface area contributed by atoms with Gasteiger partial charge in [0, 0.05) is 29.1 Å². The lowest BCUT2D eigenvalue weighted by atomic mass is 9.80. The van der Waals surface area contributed by atoms with Gasteiger partial charge in [-0.3, -0.25) is 9.59 Å². The fourth-order valence-corrected chi connectivity index (χ4v) is 6.82. The fraction of sp³-hybridized carbons (Fsp3) is 0.281. The molecule has 1 N–H and O–H groups in total. The maximum atomic E-state index is 11.6. The van der Waals surface area contributed by atoms with E-state index in [9.17, 15) is 14.7 Å². The highest BCUT2D eigenvalue weighted by Crippen LogP contribution is 2.54. The summed E-state index contributed by atoms with van der Waals surface area (Å²) in [6, 6.07) is 16.9. The van der Waals surface area contributed by atoms with E-state index < -0.39 is 5.97 Å². The molecule has 3 aromatic carbocycles. The van der Waals surface area contributed by atoms with Crippen LogP contribution in [0.5, 0.6) is 0 Å². The Morgan fingerprint density at radius 3 is 2.46 bits per heavy atom. The lowest BCUT2D eigenvalue weighted by molar-refractivity contribution is -0.518. The Morgan fingerprint density at radius 1 is 1.05 bits per heavy atom. The molecule has 3 aromatic rings. The Hall–Kier alpha value is -3.84. The van der Waals surface area contributed by atoms with Gasteiger partial charge < -0.3 is 14.7 Å². The third kappa shape index (κ3) is 5.23. The van der Waals surface area contributed by atoms with Gasteiger partial charge >= 0.3 is 5.97 Å². The summed E-state index contributed by atoms with van der Waals surface area (Å²) in [5.41, 5.74) is 3.11. The number of ether oxygens (including phenoxy) is 1. The number of benzene rings is 3. The highest BCUT2D eigenvalue weighted by atomic mass is 32.2. The molecule has 0 aliphatic carbocycles. The molecule has 200 valence electrons. The lowest BCUT2D eigenvalue weighted by Crippen LogP contribution is -2.28. The van der Waals surface area contributed by atoms with Gasteiger partial charge in [-0.05, 0) is 27.8 Å². The van der Waals surface area contributed by atoms with Gasteiger partial charge in [0.2, 0.25) is 5.04 Å². The van der Waals surface area contributed by atoms with Crippen LogP contribution >= 0.6 is 11.8 Å². The second-order valence-corrected chi connectivity index (χ2v) is 11.3. The number of anilines is 1. The van der Waals surface area contributed by atoms with Crippen molar-refractivity contribution < 1.29 is 24.0 Å². The van der Waals surface area contributed by atoms with E-state index in [1.165, 1.54) is 21.7 Å². The smallest absolute Gasteiger partial charge is 0.305 e. The third-order valence-electron chi connectivity index (χ3n) is 7.47. The van der Waals surface area contributed by atoms with E-state index in [2.05, 4.69) is 84.0 Å². The minimum Gasteiger partial charge on any atom is -0.481 e. The molecule has 2 heterocycles. The quantitative estimate of drug-likeness (QED) is 0.113. The van der Waals surface area contributed by atoms with Crippen LogP contribution in [0.4, 0.5) is 5.69 Å². The van der Waals surface area contributed by atoms with Crippen LogP contribution in [-0.2, 0) is 19.7 Å². The molecular weight excluding hydrogens is 508 g/mol. The first-order valence-electron chi connectivity index (χ1n) is 13.2. The molecule has 0 saturated carbocycles. The van der Waals surface area contributed by atoms with Gasteiger partial charge in [-0.25, -0.2) is 4.58 Å². The zero-order valence-corrected chi connectivity index (χ0v) is 23.1. The molecule has 2 aliphatic heterocycles. The minimum atomic E-state index is -0.807. The zero-order valence-electron chi connectivity index (χ0n) is 22.3. The molecule has 0 saturated heterocycles. The maximum Gasteiger partial charge on any atom is 0.305 e. The van der Waals surface area contributed by atoms with Crippen molar-refractivity contribution in [2.75, 3.05) is 36.9 Å². The molecular formula is C32H33N2O4S+. The van der Waals surface area contributed by atoms with Crippen LogP contribution in [0.1, 0.15) is 25.8 Å². The third-order valence-corrected chi connectivity index (χ3v) is 8.54. The topological polar surface area (TPSA) is 69.9 Å². The second kappa shape index (κ2) is 11.5. The first-order valence-corrected chi connectivity index (χ1v) is 14.2. The van der Waals surface area contributed by atoms with Crippen LogP contribution in [0, 0.1) is 0 Å². The molecule has 0 unspecified atom stereocenters. The van der Waals surface area contributed by atoms with E-state index >= 15 is 0 Å². The van der Waals surface area contributed by atoms with E-state index in [1.54, 1.807) is 11.8 Å². The van der Waals surface area contributed by atoms with E-state index in [4.69, 9.17) is 4.74 Å². The van der Waals surface area contributed by atoms with Crippen LogP contribution < -0.4 is 4.90 Å². The number of thioether (sulfide) groups is 1. The number of carboxylic acids is 1. The summed E-state index contributed by atoms with van der Waals surface area (Å²) in [5, 5.41) is 15.5. The van der Waals surface area contributed by atoms with Crippen LogP contribution in [0.3, 0.4) is 0 Å².